The molecule has 0 saturated carbocycles. The van der Waals surface area contributed by atoms with Gasteiger partial charge in [-0.25, -0.2) is 0 Å². The van der Waals surface area contributed by atoms with Crippen molar-refractivity contribution in [3.63, 3.8) is 0 Å². The average molecular weight is 265 g/mol. The first kappa shape index (κ1) is 15.4. The van der Waals surface area contributed by atoms with E-state index in [0.717, 1.165) is 31.7 Å². The highest BCUT2D eigenvalue weighted by atomic mass is 16.1. The molecular weight excluding hydrogens is 242 g/mol. The Kier molecular flexibility index (Phi) is 6.81. The van der Waals surface area contributed by atoms with Crippen molar-refractivity contribution >= 4 is 11.7 Å². The second-order valence-electron chi connectivity index (χ2n) is 4.27. The molecule has 0 aromatic carbocycles. The summed E-state index contributed by atoms with van der Waals surface area (Å²) in [7, 11) is 0. The minimum Gasteiger partial charge on any atom is -0.354 e. The lowest BCUT2D eigenvalue weighted by atomic mass is 10.3. The Labute approximate surface area is 114 Å². The molecule has 19 heavy (non-hydrogen) atoms. The standard InChI is InChI=1S/C13H23N5O/c1-3-5-9-18(10-8-14)12-7-6-11(16-17-12)13(19)15-4-2/h6-7H,3-5,8-10,14H2,1-2H3,(H,15,19). The van der Waals surface area contributed by atoms with Crippen LogP contribution in [0.3, 0.4) is 0 Å². The van der Waals surface area contributed by atoms with E-state index in [0.29, 0.717) is 18.8 Å². The summed E-state index contributed by atoms with van der Waals surface area (Å²) in [6, 6.07) is 3.52. The molecule has 106 valence electrons. The van der Waals surface area contributed by atoms with Crippen LogP contribution in [0.1, 0.15) is 37.2 Å². The third-order valence-electron chi connectivity index (χ3n) is 2.73. The second kappa shape index (κ2) is 8.42. The van der Waals surface area contributed by atoms with Gasteiger partial charge in [0.25, 0.3) is 5.91 Å². The Morgan fingerprint density at radius 1 is 1.32 bits per heavy atom. The van der Waals surface area contributed by atoms with Crippen LogP contribution in [0.25, 0.3) is 0 Å². The molecule has 0 aliphatic rings. The van der Waals surface area contributed by atoms with E-state index in [1.54, 1.807) is 6.07 Å². The Morgan fingerprint density at radius 2 is 2.11 bits per heavy atom. The third kappa shape index (κ3) is 4.82. The molecule has 6 heteroatoms. The molecule has 0 saturated heterocycles. The van der Waals surface area contributed by atoms with Crippen LogP contribution in [-0.2, 0) is 0 Å². The van der Waals surface area contributed by atoms with Crippen molar-refractivity contribution in [1.82, 2.24) is 15.5 Å². The fourth-order valence-electron chi connectivity index (χ4n) is 1.71. The number of nitrogens with one attached hydrogen (secondary N) is 1. The maximum absolute atomic E-state index is 11.6. The third-order valence-corrected chi connectivity index (χ3v) is 2.73. The second-order valence-corrected chi connectivity index (χ2v) is 4.27. The molecule has 0 bridgehead atoms. The van der Waals surface area contributed by atoms with Gasteiger partial charge < -0.3 is 16.0 Å². The number of hydrogen-bond donors (Lipinski definition) is 2. The van der Waals surface area contributed by atoms with Crippen molar-refractivity contribution in [2.75, 3.05) is 31.1 Å². The van der Waals surface area contributed by atoms with Crippen LogP contribution in [0.5, 0.6) is 0 Å². The quantitative estimate of drug-likeness (QED) is 0.726. The van der Waals surface area contributed by atoms with Crippen molar-refractivity contribution in [1.29, 1.82) is 0 Å². The topological polar surface area (TPSA) is 84.1 Å². The molecule has 1 heterocycles. The zero-order chi connectivity index (χ0) is 14.1. The number of amides is 1. The molecule has 0 unspecified atom stereocenters. The van der Waals surface area contributed by atoms with Gasteiger partial charge in [-0.2, -0.15) is 0 Å². The fraction of sp³-hybridized carbons (Fsp3) is 0.615. The van der Waals surface area contributed by atoms with Crippen LogP contribution >= 0.6 is 0 Å². The first-order chi connectivity index (χ1) is 9.22. The summed E-state index contributed by atoms with van der Waals surface area (Å²) < 4.78 is 0. The number of nitrogens with two attached hydrogens (primary N) is 1. The minimum atomic E-state index is -0.194. The van der Waals surface area contributed by atoms with Crippen molar-refractivity contribution < 1.29 is 4.79 Å². The van der Waals surface area contributed by atoms with Crippen LogP contribution in [0.2, 0.25) is 0 Å². The number of carbonyl (C=O) groups excluding carboxylic acids is 1. The van der Waals surface area contributed by atoms with E-state index in [1.165, 1.54) is 0 Å². The lowest BCUT2D eigenvalue weighted by molar-refractivity contribution is 0.0950. The van der Waals surface area contributed by atoms with Gasteiger partial charge in [-0.1, -0.05) is 13.3 Å². The van der Waals surface area contributed by atoms with Gasteiger partial charge in [-0.05, 0) is 25.5 Å². The van der Waals surface area contributed by atoms with E-state index in [2.05, 4.69) is 27.3 Å². The summed E-state index contributed by atoms with van der Waals surface area (Å²) in [6.45, 7) is 6.82. The summed E-state index contributed by atoms with van der Waals surface area (Å²) >= 11 is 0. The van der Waals surface area contributed by atoms with Crippen LogP contribution in [0.4, 0.5) is 5.82 Å². The summed E-state index contributed by atoms with van der Waals surface area (Å²) in [6.07, 6.45) is 2.20. The first-order valence-electron chi connectivity index (χ1n) is 6.79. The van der Waals surface area contributed by atoms with Crippen LogP contribution in [-0.4, -0.2) is 42.3 Å². The molecule has 1 rings (SSSR count). The monoisotopic (exact) mass is 265 g/mol. The van der Waals surface area contributed by atoms with Gasteiger partial charge in [0.2, 0.25) is 0 Å². The summed E-state index contributed by atoms with van der Waals surface area (Å²) in [5.74, 6) is 0.576. The van der Waals surface area contributed by atoms with Crippen molar-refractivity contribution in [2.24, 2.45) is 5.73 Å². The van der Waals surface area contributed by atoms with Crippen LogP contribution < -0.4 is 16.0 Å². The van der Waals surface area contributed by atoms with E-state index in [1.807, 2.05) is 13.0 Å². The molecular formula is C13H23N5O. The molecule has 0 aliphatic carbocycles. The highest BCUT2D eigenvalue weighted by Gasteiger charge is 2.10. The minimum absolute atomic E-state index is 0.194. The predicted molar refractivity (Wildman–Crippen MR) is 76.2 cm³/mol. The maximum Gasteiger partial charge on any atom is 0.271 e. The smallest absolute Gasteiger partial charge is 0.271 e. The number of hydrogen-bond acceptors (Lipinski definition) is 5. The fourth-order valence-corrected chi connectivity index (χ4v) is 1.71. The predicted octanol–water partition coefficient (Wildman–Crippen LogP) is 0.791. The maximum atomic E-state index is 11.6. The SMILES string of the molecule is CCCCN(CCN)c1ccc(C(=O)NCC)nn1. The molecule has 6 nitrogen and oxygen atoms in total. The number of anilines is 1. The molecule has 0 spiro atoms. The average Bonchev–Trinajstić information content (AvgIpc) is 2.44. The lowest BCUT2D eigenvalue weighted by Gasteiger charge is -2.22. The molecule has 0 aliphatic heterocycles. The van der Waals surface area contributed by atoms with E-state index in [-0.39, 0.29) is 5.91 Å². The zero-order valence-electron chi connectivity index (χ0n) is 11.7. The first-order valence-corrected chi connectivity index (χ1v) is 6.79. The Bertz CT molecular complexity index is 379. The molecule has 3 N–H and O–H groups in total. The Morgan fingerprint density at radius 3 is 2.63 bits per heavy atom. The number of carbonyl (C=O) groups is 1. The molecule has 1 aromatic rings. The van der Waals surface area contributed by atoms with Gasteiger partial charge in [0.05, 0.1) is 0 Å². The van der Waals surface area contributed by atoms with Gasteiger partial charge in [0, 0.05) is 26.2 Å². The molecule has 0 radical (unpaired) electrons. The number of unbranched alkanes of at least 4 members (excludes halogenated alkanes) is 1. The Hall–Kier alpha value is -1.69. The highest BCUT2D eigenvalue weighted by molar-refractivity contribution is 5.92. The van der Waals surface area contributed by atoms with Crippen molar-refractivity contribution in [2.45, 2.75) is 26.7 Å². The number of rotatable bonds is 8. The van der Waals surface area contributed by atoms with E-state index >= 15 is 0 Å². The largest absolute Gasteiger partial charge is 0.354 e. The van der Waals surface area contributed by atoms with Gasteiger partial charge >= 0.3 is 0 Å². The molecule has 1 aromatic heterocycles. The molecule has 0 atom stereocenters. The van der Waals surface area contributed by atoms with Gasteiger partial charge in [0.15, 0.2) is 11.5 Å². The zero-order valence-corrected chi connectivity index (χ0v) is 11.7. The number of nitrogens with zero attached hydrogens (tertiary/aromatic N) is 3. The van der Waals surface area contributed by atoms with Gasteiger partial charge in [-0.3, -0.25) is 4.79 Å². The van der Waals surface area contributed by atoms with E-state index in [9.17, 15) is 4.79 Å². The summed E-state index contributed by atoms with van der Waals surface area (Å²) in [4.78, 5) is 13.7. The highest BCUT2D eigenvalue weighted by Crippen LogP contribution is 2.10. The molecule has 1 amide bonds. The van der Waals surface area contributed by atoms with Crippen LogP contribution in [0, 0.1) is 0 Å². The van der Waals surface area contributed by atoms with Crippen LogP contribution in [0.15, 0.2) is 12.1 Å². The van der Waals surface area contributed by atoms with E-state index < -0.39 is 0 Å². The molecule has 0 fully saturated rings. The van der Waals surface area contributed by atoms with Gasteiger partial charge in [-0.15, -0.1) is 10.2 Å². The Balaban J connectivity index is 2.73. The van der Waals surface area contributed by atoms with E-state index in [4.69, 9.17) is 5.73 Å². The number of aromatic nitrogens is 2. The van der Waals surface area contributed by atoms with Crippen molar-refractivity contribution in [3.8, 4) is 0 Å². The summed E-state index contributed by atoms with van der Waals surface area (Å²) in [5.41, 5.74) is 5.94. The van der Waals surface area contributed by atoms with Gasteiger partial charge in [0.1, 0.15) is 0 Å². The summed E-state index contributed by atoms with van der Waals surface area (Å²) in [5, 5.41) is 10.8. The normalized spacial score (nSPS) is 10.3. The lowest BCUT2D eigenvalue weighted by Crippen LogP contribution is -2.31. The van der Waals surface area contributed by atoms with Crippen molar-refractivity contribution in [3.05, 3.63) is 17.8 Å².